The molecule has 2 rings (SSSR count). The molecular weight excluding hydrogens is 307 g/mol. The van der Waals surface area contributed by atoms with Crippen LogP contribution in [0.25, 0.3) is 0 Å². The second kappa shape index (κ2) is 4.61. The number of pyridine rings is 1. The van der Waals surface area contributed by atoms with E-state index in [9.17, 15) is 0 Å². The van der Waals surface area contributed by atoms with Gasteiger partial charge in [0.15, 0.2) is 11.6 Å². The first-order valence-corrected chi connectivity index (χ1v) is 5.47. The molecule has 0 unspecified atom stereocenters. The molecule has 2 heterocycles. The first-order chi connectivity index (χ1) is 7.25. The minimum atomic E-state index is 0.402. The lowest BCUT2D eigenvalue weighted by molar-refractivity contribution is 0.297. The first kappa shape index (κ1) is 10.4. The average Bonchev–Trinajstić information content (AvgIpc) is 2.63. The molecule has 0 saturated carbocycles. The highest BCUT2D eigenvalue weighted by molar-refractivity contribution is 14.1. The van der Waals surface area contributed by atoms with Gasteiger partial charge in [-0.25, -0.2) is 4.98 Å². The van der Waals surface area contributed by atoms with E-state index in [1.165, 1.54) is 0 Å². The molecule has 0 amide bonds. The van der Waals surface area contributed by atoms with Crippen molar-refractivity contribution >= 4 is 22.6 Å². The summed E-state index contributed by atoms with van der Waals surface area (Å²) in [5.74, 6) is 1.41. The SMILES string of the molecule is Cc1nc(COc2cnccc2I)co1. The van der Waals surface area contributed by atoms with Crippen molar-refractivity contribution in [2.24, 2.45) is 0 Å². The van der Waals surface area contributed by atoms with E-state index in [0.29, 0.717) is 12.5 Å². The maximum Gasteiger partial charge on any atom is 0.191 e. The average molecular weight is 316 g/mol. The van der Waals surface area contributed by atoms with Crippen molar-refractivity contribution < 1.29 is 9.15 Å². The Kier molecular flexibility index (Phi) is 3.20. The van der Waals surface area contributed by atoms with E-state index >= 15 is 0 Å². The zero-order chi connectivity index (χ0) is 10.7. The quantitative estimate of drug-likeness (QED) is 0.817. The van der Waals surface area contributed by atoms with Crippen LogP contribution in [-0.2, 0) is 6.61 Å². The molecule has 78 valence electrons. The number of halogens is 1. The molecule has 0 saturated heterocycles. The van der Waals surface area contributed by atoms with Crippen molar-refractivity contribution in [1.82, 2.24) is 9.97 Å². The Morgan fingerprint density at radius 1 is 1.53 bits per heavy atom. The smallest absolute Gasteiger partial charge is 0.191 e. The van der Waals surface area contributed by atoms with Crippen LogP contribution in [0.5, 0.6) is 5.75 Å². The number of rotatable bonds is 3. The molecule has 5 heteroatoms. The lowest BCUT2D eigenvalue weighted by Crippen LogP contribution is -1.97. The van der Waals surface area contributed by atoms with Crippen molar-refractivity contribution in [2.75, 3.05) is 0 Å². The fourth-order valence-electron chi connectivity index (χ4n) is 1.10. The van der Waals surface area contributed by atoms with Crippen LogP contribution < -0.4 is 4.74 Å². The van der Waals surface area contributed by atoms with Gasteiger partial charge in [-0.05, 0) is 28.7 Å². The van der Waals surface area contributed by atoms with Crippen LogP contribution >= 0.6 is 22.6 Å². The summed E-state index contributed by atoms with van der Waals surface area (Å²) < 4.78 is 11.6. The van der Waals surface area contributed by atoms with Gasteiger partial charge in [-0.2, -0.15) is 0 Å². The normalized spacial score (nSPS) is 10.3. The summed E-state index contributed by atoms with van der Waals surface area (Å²) in [6.45, 7) is 2.20. The zero-order valence-electron chi connectivity index (χ0n) is 8.11. The second-order valence-electron chi connectivity index (χ2n) is 2.95. The minimum absolute atomic E-state index is 0.402. The van der Waals surface area contributed by atoms with Gasteiger partial charge in [0.25, 0.3) is 0 Å². The Labute approximate surface area is 101 Å². The van der Waals surface area contributed by atoms with Crippen molar-refractivity contribution in [3.8, 4) is 5.75 Å². The highest BCUT2D eigenvalue weighted by atomic mass is 127. The summed E-state index contributed by atoms with van der Waals surface area (Å²) in [4.78, 5) is 8.13. The second-order valence-corrected chi connectivity index (χ2v) is 4.11. The summed E-state index contributed by atoms with van der Waals surface area (Å²) in [7, 11) is 0. The van der Waals surface area contributed by atoms with Crippen LogP contribution in [0.1, 0.15) is 11.6 Å². The van der Waals surface area contributed by atoms with Gasteiger partial charge in [0.2, 0.25) is 0 Å². The van der Waals surface area contributed by atoms with E-state index in [2.05, 4.69) is 32.6 Å². The number of hydrogen-bond acceptors (Lipinski definition) is 4. The van der Waals surface area contributed by atoms with Gasteiger partial charge >= 0.3 is 0 Å². The summed E-state index contributed by atoms with van der Waals surface area (Å²) in [5, 5.41) is 0. The molecule has 0 radical (unpaired) electrons. The molecule has 0 aliphatic rings. The lowest BCUT2D eigenvalue weighted by Gasteiger charge is -2.04. The van der Waals surface area contributed by atoms with Crippen molar-refractivity contribution in [3.63, 3.8) is 0 Å². The van der Waals surface area contributed by atoms with Crippen LogP contribution in [0.3, 0.4) is 0 Å². The highest BCUT2D eigenvalue weighted by Gasteiger charge is 2.03. The molecule has 2 aromatic heterocycles. The molecule has 0 fully saturated rings. The monoisotopic (exact) mass is 316 g/mol. The zero-order valence-corrected chi connectivity index (χ0v) is 10.3. The fraction of sp³-hybridized carbons (Fsp3) is 0.200. The number of aromatic nitrogens is 2. The van der Waals surface area contributed by atoms with Gasteiger partial charge in [-0.3, -0.25) is 4.98 Å². The molecule has 4 nitrogen and oxygen atoms in total. The summed E-state index contributed by atoms with van der Waals surface area (Å²) >= 11 is 2.20. The molecule has 0 aliphatic carbocycles. The third-order valence-corrected chi connectivity index (χ3v) is 2.67. The molecule has 0 N–H and O–H groups in total. The van der Waals surface area contributed by atoms with Gasteiger partial charge in [-0.1, -0.05) is 0 Å². The number of hydrogen-bond donors (Lipinski definition) is 0. The van der Waals surface area contributed by atoms with E-state index in [1.807, 2.05) is 6.07 Å². The van der Waals surface area contributed by atoms with Crippen LogP contribution in [-0.4, -0.2) is 9.97 Å². The van der Waals surface area contributed by atoms with Crippen LogP contribution in [0, 0.1) is 10.5 Å². The summed E-state index contributed by atoms with van der Waals surface area (Å²) in [5.41, 5.74) is 0.784. The van der Waals surface area contributed by atoms with Crippen LogP contribution in [0.2, 0.25) is 0 Å². The summed E-state index contributed by atoms with van der Waals surface area (Å²) in [6, 6.07) is 1.89. The third kappa shape index (κ3) is 2.68. The Balaban J connectivity index is 2.02. The predicted molar refractivity (Wildman–Crippen MR) is 62.5 cm³/mol. The van der Waals surface area contributed by atoms with Crippen molar-refractivity contribution in [1.29, 1.82) is 0 Å². The first-order valence-electron chi connectivity index (χ1n) is 4.39. The van der Waals surface area contributed by atoms with Crippen molar-refractivity contribution in [2.45, 2.75) is 13.5 Å². The standard InChI is InChI=1S/C10H9IN2O2/c1-7-13-8(5-14-7)6-15-10-4-12-3-2-9(10)11/h2-5H,6H2,1H3. The van der Waals surface area contributed by atoms with E-state index in [4.69, 9.17) is 9.15 Å². The van der Waals surface area contributed by atoms with E-state index in [-0.39, 0.29) is 0 Å². The fourth-order valence-corrected chi connectivity index (χ4v) is 1.55. The van der Waals surface area contributed by atoms with E-state index in [0.717, 1.165) is 15.0 Å². The van der Waals surface area contributed by atoms with Gasteiger partial charge in [0.1, 0.15) is 18.6 Å². The topological polar surface area (TPSA) is 48.2 Å². The molecule has 0 aliphatic heterocycles. The van der Waals surface area contributed by atoms with Gasteiger partial charge < -0.3 is 9.15 Å². The van der Waals surface area contributed by atoms with Gasteiger partial charge in [-0.15, -0.1) is 0 Å². The third-order valence-electron chi connectivity index (χ3n) is 1.78. The molecule has 0 spiro atoms. The van der Waals surface area contributed by atoms with Crippen LogP contribution in [0.15, 0.2) is 29.1 Å². The number of ether oxygens (including phenoxy) is 1. The maximum absolute atomic E-state index is 5.54. The molecule has 15 heavy (non-hydrogen) atoms. The Bertz CT molecular complexity index is 456. The minimum Gasteiger partial charge on any atom is -0.484 e. The predicted octanol–water partition coefficient (Wildman–Crippen LogP) is 2.56. The van der Waals surface area contributed by atoms with E-state index < -0.39 is 0 Å². The van der Waals surface area contributed by atoms with Gasteiger partial charge in [0, 0.05) is 13.1 Å². The summed E-state index contributed by atoms with van der Waals surface area (Å²) in [6.07, 6.45) is 5.02. The van der Waals surface area contributed by atoms with Crippen molar-refractivity contribution in [3.05, 3.63) is 39.9 Å². The molecule has 0 aromatic carbocycles. The lowest BCUT2D eigenvalue weighted by atomic mass is 10.4. The number of aryl methyl sites for hydroxylation is 1. The van der Waals surface area contributed by atoms with E-state index in [1.54, 1.807) is 25.6 Å². The largest absolute Gasteiger partial charge is 0.484 e. The molecule has 2 aromatic rings. The van der Waals surface area contributed by atoms with Gasteiger partial charge in [0.05, 0.1) is 9.77 Å². The molecule has 0 atom stereocenters. The molecular formula is C10H9IN2O2. The number of oxazole rings is 1. The number of nitrogens with zero attached hydrogens (tertiary/aromatic N) is 2. The molecule has 0 bridgehead atoms. The van der Waals surface area contributed by atoms with Crippen LogP contribution in [0.4, 0.5) is 0 Å². The Hall–Kier alpha value is -1.11. The highest BCUT2D eigenvalue weighted by Crippen LogP contribution is 2.19. The Morgan fingerprint density at radius 3 is 3.07 bits per heavy atom. The maximum atomic E-state index is 5.54. The Morgan fingerprint density at radius 2 is 2.40 bits per heavy atom.